The van der Waals surface area contributed by atoms with Crippen LogP contribution in [0.5, 0.6) is 11.5 Å². The summed E-state index contributed by atoms with van der Waals surface area (Å²) in [6, 6.07) is 15.7. The minimum atomic E-state index is 0.254. The van der Waals surface area contributed by atoms with Gasteiger partial charge in [-0.25, -0.2) is 5.10 Å². The summed E-state index contributed by atoms with van der Waals surface area (Å²) < 4.78 is 13.0. The number of nitrogens with one attached hydrogen (secondary N) is 1. The van der Waals surface area contributed by atoms with E-state index in [0.717, 1.165) is 17.1 Å². The molecule has 0 fully saturated rings. The van der Waals surface area contributed by atoms with Crippen LogP contribution in [0.1, 0.15) is 36.7 Å². The van der Waals surface area contributed by atoms with Crippen LogP contribution in [0.25, 0.3) is 0 Å². The molecule has 140 valence electrons. The summed E-state index contributed by atoms with van der Waals surface area (Å²) >= 11 is 5.26. The number of hydrogen-bond donors (Lipinski definition) is 1. The maximum Gasteiger partial charge on any atom is 0.216 e. The lowest BCUT2D eigenvalue weighted by molar-refractivity contribution is 0.290. The van der Waals surface area contributed by atoms with Crippen LogP contribution in [0.4, 0.5) is 0 Å². The summed E-state index contributed by atoms with van der Waals surface area (Å²) in [5.41, 5.74) is 2.17. The Morgan fingerprint density at radius 2 is 1.96 bits per heavy atom. The monoisotopic (exact) mass is 382 g/mol. The maximum absolute atomic E-state index is 5.83. The molecule has 0 amide bonds. The van der Waals surface area contributed by atoms with E-state index in [9.17, 15) is 0 Å². The predicted octanol–water partition coefficient (Wildman–Crippen LogP) is 4.53. The van der Waals surface area contributed by atoms with Gasteiger partial charge in [-0.1, -0.05) is 38.1 Å². The van der Waals surface area contributed by atoms with E-state index >= 15 is 0 Å². The van der Waals surface area contributed by atoms with Gasteiger partial charge in [0, 0.05) is 0 Å². The Hall–Kier alpha value is -2.93. The van der Waals surface area contributed by atoms with Crippen molar-refractivity contribution in [1.29, 1.82) is 0 Å². The van der Waals surface area contributed by atoms with Gasteiger partial charge in [0.1, 0.15) is 18.1 Å². The molecular weight excluding hydrogens is 360 g/mol. The summed E-state index contributed by atoms with van der Waals surface area (Å²) in [6.07, 6.45) is 1.70. The lowest BCUT2D eigenvalue weighted by atomic mass is 10.0. The van der Waals surface area contributed by atoms with Gasteiger partial charge >= 0.3 is 0 Å². The third-order valence-electron chi connectivity index (χ3n) is 4.05. The van der Waals surface area contributed by atoms with E-state index in [4.69, 9.17) is 21.7 Å². The molecule has 0 atom stereocenters. The maximum atomic E-state index is 5.83. The van der Waals surface area contributed by atoms with Crippen LogP contribution >= 0.6 is 12.2 Å². The summed E-state index contributed by atoms with van der Waals surface area (Å²) in [5.74, 6) is 2.62. The largest absolute Gasteiger partial charge is 0.497 e. The van der Waals surface area contributed by atoms with Crippen molar-refractivity contribution in [2.75, 3.05) is 7.11 Å². The molecule has 7 heteroatoms. The van der Waals surface area contributed by atoms with Gasteiger partial charge in [-0.15, -0.1) is 0 Å². The zero-order valence-corrected chi connectivity index (χ0v) is 16.4. The molecule has 0 aliphatic carbocycles. The van der Waals surface area contributed by atoms with Crippen molar-refractivity contribution in [3.63, 3.8) is 0 Å². The topological polar surface area (TPSA) is 64.4 Å². The fourth-order valence-electron chi connectivity index (χ4n) is 2.48. The molecular formula is C20H22N4O2S. The molecule has 3 rings (SSSR count). The Balaban J connectivity index is 1.72. The standard InChI is InChI=1S/C20H22N4O2S/c1-14(2)16-7-9-17(10-8-16)26-13-19-22-23-20(27)24(19)21-12-15-5-4-6-18(11-15)25-3/h4-12,14H,13H2,1-3H3,(H,23,27)/b21-12-. The van der Waals surface area contributed by atoms with Crippen molar-refractivity contribution >= 4 is 18.4 Å². The first-order valence-electron chi connectivity index (χ1n) is 8.64. The molecule has 0 bridgehead atoms. The average molecular weight is 382 g/mol. The first kappa shape index (κ1) is 18.8. The third-order valence-corrected chi connectivity index (χ3v) is 4.31. The molecule has 1 aromatic heterocycles. The molecule has 3 aromatic rings. The lowest BCUT2D eigenvalue weighted by Gasteiger charge is -2.08. The van der Waals surface area contributed by atoms with Crippen molar-refractivity contribution in [2.24, 2.45) is 5.10 Å². The van der Waals surface area contributed by atoms with Gasteiger partial charge in [0.15, 0.2) is 5.82 Å². The predicted molar refractivity (Wildman–Crippen MR) is 108 cm³/mol. The molecule has 0 unspecified atom stereocenters. The van der Waals surface area contributed by atoms with E-state index in [0.29, 0.717) is 16.5 Å². The van der Waals surface area contributed by atoms with Gasteiger partial charge < -0.3 is 9.47 Å². The normalized spacial score (nSPS) is 11.3. The quantitative estimate of drug-likeness (QED) is 0.481. The zero-order valence-electron chi connectivity index (χ0n) is 15.5. The molecule has 0 aliphatic heterocycles. The van der Waals surface area contributed by atoms with Gasteiger partial charge in [0.2, 0.25) is 4.77 Å². The second kappa shape index (κ2) is 8.64. The van der Waals surface area contributed by atoms with Gasteiger partial charge in [-0.2, -0.15) is 14.9 Å². The number of methoxy groups -OCH3 is 1. The van der Waals surface area contributed by atoms with Gasteiger partial charge in [-0.3, -0.25) is 0 Å². The van der Waals surface area contributed by atoms with Crippen molar-refractivity contribution < 1.29 is 9.47 Å². The second-order valence-corrected chi connectivity index (χ2v) is 6.68. The highest BCUT2D eigenvalue weighted by Crippen LogP contribution is 2.19. The number of aromatic nitrogens is 3. The minimum Gasteiger partial charge on any atom is -0.497 e. The molecule has 1 N–H and O–H groups in total. The Bertz CT molecular complexity index is 974. The van der Waals surface area contributed by atoms with Gasteiger partial charge in [-0.05, 0) is 53.5 Å². The fraction of sp³-hybridized carbons (Fsp3) is 0.250. The molecule has 6 nitrogen and oxygen atoms in total. The first-order valence-corrected chi connectivity index (χ1v) is 9.05. The lowest BCUT2D eigenvalue weighted by Crippen LogP contribution is -2.04. The zero-order chi connectivity index (χ0) is 19.2. The fourth-order valence-corrected chi connectivity index (χ4v) is 2.68. The average Bonchev–Trinajstić information content (AvgIpc) is 3.04. The smallest absolute Gasteiger partial charge is 0.216 e. The molecule has 0 radical (unpaired) electrons. The van der Waals surface area contributed by atoms with Crippen molar-refractivity contribution in [3.05, 3.63) is 70.3 Å². The van der Waals surface area contributed by atoms with Crippen molar-refractivity contribution in [3.8, 4) is 11.5 Å². The molecule has 0 saturated heterocycles. The second-order valence-electron chi connectivity index (χ2n) is 6.29. The van der Waals surface area contributed by atoms with E-state index in [1.54, 1.807) is 18.0 Å². The summed E-state index contributed by atoms with van der Waals surface area (Å²) in [4.78, 5) is 0. The number of benzene rings is 2. The van der Waals surface area contributed by atoms with E-state index in [1.165, 1.54) is 5.56 Å². The Labute approximate surface area is 163 Å². The van der Waals surface area contributed by atoms with Crippen LogP contribution in [0.15, 0.2) is 53.6 Å². The van der Waals surface area contributed by atoms with Crippen LogP contribution in [0, 0.1) is 4.77 Å². The highest BCUT2D eigenvalue weighted by atomic mass is 32.1. The molecule has 2 aromatic carbocycles. The van der Waals surface area contributed by atoms with E-state index in [1.807, 2.05) is 36.4 Å². The first-order chi connectivity index (χ1) is 13.1. The highest BCUT2D eigenvalue weighted by Gasteiger charge is 2.07. The van der Waals surface area contributed by atoms with E-state index in [-0.39, 0.29) is 6.61 Å². The number of H-pyrrole nitrogens is 1. The third kappa shape index (κ3) is 4.83. The van der Waals surface area contributed by atoms with Crippen LogP contribution in [0.3, 0.4) is 0 Å². The summed E-state index contributed by atoms with van der Waals surface area (Å²) in [6.45, 7) is 4.57. The number of rotatable bonds is 7. The summed E-state index contributed by atoms with van der Waals surface area (Å²) in [5, 5.41) is 11.4. The molecule has 27 heavy (non-hydrogen) atoms. The molecule has 0 spiro atoms. The Morgan fingerprint density at radius 3 is 2.67 bits per heavy atom. The molecule has 0 saturated carbocycles. The number of aromatic amines is 1. The van der Waals surface area contributed by atoms with Gasteiger partial charge in [0.25, 0.3) is 0 Å². The summed E-state index contributed by atoms with van der Waals surface area (Å²) in [7, 11) is 1.63. The number of hydrogen-bond acceptors (Lipinski definition) is 5. The number of nitrogens with zero attached hydrogens (tertiary/aromatic N) is 3. The van der Waals surface area contributed by atoms with Crippen molar-refractivity contribution in [2.45, 2.75) is 26.4 Å². The van der Waals surface area contributed by atoms with Gasteiger partial charge in [0.05, 0.1) is 13.3 Å². The van der Waals surface area contributed by atoms with Crippen molar-refractivity contribution in [1.82, 2.24) is 14.9 Å². The van der Waals surface area contributed by atoms with Crippen LogP contribution in [-0.4, -0.2) is 28.2 Å². The van der Waals surface area contributed by atoms with E-state index in [2.05, 4.69) is 41.3 Å². The Morgan fingerprint density at radius 1 is 1.19 bits per heavy atom. The minimum absolute atomic E-state index is 0.254. The van der Waals surface area contributed by atoms with Crippen LogP contribution in [-0.2, 0) is 6.61 Å². The Kier molecular flexibility index (Phi) is 6.03. The van der Waals surface area contributed by atoms with E-state index < -0.39 is 0 Å². The molecule has 0 aliphatic rings. The molecule has 1 heterocycles. The van der Waals surface area contributed by atoms with Crippen LogP contribution < -0.4 is 9.47 Å². The number of ether oxygens (including phenoxy) is 2. The SMILES string of the molecule is COc1cccc(/C=N\n2c(COc3ccc(C(C)C)cc3)n[nH]c2=S)c1. The van der Waals surface area contributed by atoms with Crippen LogP contribution in [0.2, 0.25) is 0 Å². The highest BCUT2D eigenvalue weighted by molar-refractivity contribution is 7.71.